The van der Waals surface area contributed by atoms with Crippen molar-refractivity contribution in [3.05, 3.63) is 89.5 Å². The molecular formula is C25H22N2O4. The Morgan fingerprint density at radius 3 is 2.32 bits per heavy atom. The lowest BCUT2D eigenvalue weighted by Gasteiger charge is -2.10. The maximum absolute atomic E-state index is 12.3. The first-order chi connectivity index (χ1) is 15.0. The molecule has 156 valence electrons. The van der Waals surface area contributed by atoms with Crippen LogP contribution in [0.25, 0.3) is 11.6 Å². The molecule has 0 aliphatic carbocycles. The fourth-order valence-corrected chi connectivity index (χ4v) is 3.40. The monoisotopic (exact) mass is 414 g/mol. The van der Waals surface area contributed by atoms with Crippen molar-refractivity contribution in [3.63, 3.8) is 0 Å². The molecule has 1 atom stereocenters. The van der Waals surface area contributed by atoms with E-state index in [0.29, 0.717) is 23.5 Å². The van der Waals surface area contributed by atoms with Crippen LogP contribution in [-0.4, -0.2) is 25.0 Å². The quantitative estimate of drug-likeness (QED) is 0.470. The van der Waals surface area contributed by atoms with Crippen molar-refractivity contribution < 1.29 is 19.1 Å². The molecule has 31 heavy (non-hydrogen) atoms. The highest BCUT2D eigenvalue weighted by molar-refractivity contribution is 6.34. The van der Waals surface area contributed by atoms with Crippen molar-refractivity contribution in [2.45, 2.75) is 12.5 Å². The van der Waals surface area contributed by atoms with Crippen LogP contribution >= 0.6 is 0 Å². The molecule has 1 aliphatic rings. The van der Waals surface area contributed by atoms with E-state index in [9.17, 15) is 9.59 Å². The number of methoxy groups -OCH3 is 1. The summed E-state index contributed by atoms with van der Waals surface area (Å²) in [4.78, 5) is 23.7. The standard InChI is InChI=1S/C25H22N2O4/c1-30-25(29)22(26)15-17-8-12-19(13-9-17)31-18-10-6-16(7-11-18)14-21-20-4-2-3-5-23(20)27-24(21)28/h2-14,22H,15,26H2,1H3,(H,27,28). The van der Waals surface area contributed by atoms with E-state index in [1.807, 2.05) is 78.9 Å². The molecule has 0 aromatic heterocycles. The van der Waals surface area contributed by atoms with Gasteiger partial charge in [0.05, 0.1) is 7.11 Å². The predicted molar refractivity (Wildman–Crippen MR) is 120 cm³/mol. The molecule has 0 radical (unpaired) electrons. The molecular weight excluding hydrogens is 392 g/mol. The van der Waals surface area contributed by atoms with Crippen molar-refractivity contribution in [2.75, 3.05) is 12.4 Å². The summed E-state index contributed by atoms with van der Waals surface area (Å²) in [6.45, 7) is 0. The van der Waals surface area contributed by atoms with Gasteiger partial charge in [0, 0.05) is 16.8 Å². The zero-order chi connectivity index (χ0) is 21.8. The predicted octanol–water partition coefficient (Wildman–Crippen LogP) is 4.01. The van der Waals surface area contributed by atoms with Crippen LogP contribution in [-0.2, 0) is 20.7 Å². The molecule has 6 heteroatoms. The average Bonchev–Trinajstić information content (AvgIpc) is 3.10. The third-order valence-corrected chi connectivity index (χ3v) is 5.02. The van der Waals surface area contributed by atoms with Crippen LogP contribution in [0.1, 0.15) is 16.7 Å². The molecule has 0 spiro atoms. The molecule has 0 bridgehead atoms. The number of esters is 1. The van der Waals surface area contributed by atoms with Gasteiger partial charge >= 0.3 is 5.97 Å². The Balaban J connectivity index is 1.42. The van der Waals surface area contributed by atoms with Gasteiger partial charge in [0.25, 0.3) is 5.91 Å². The number of nitrogens with one attached hydrogen (secondary N) is 1. The molecule has 1 aliphatic heterocycles. The van der Waals surface area contributed by atoms with Crippen LogP contribution in [0.5, 0.6) is 11.5 Å². The topological polar surface area (TPSA) is 90.7 Å². The maximum atomic E-state index is 12.3. The number of hydrogen-bond acceptors (Lipinski definition) is 5. The summed E-state index contributed by atoms with van der Waals surface area (Å²) < 4.78 is 10.5. The Labute approximate surface area is 180 Å². The minimum atomic E-state index is -0.688. The normalized spacial score (nSPS) is 14.6. The van der Waals surface area contributed by atoms with E-state index < -0.39 is 12.0 Å². The molecule has 1 heterocycles. The van der Waals surface area contributed by atoms with Crippen molar-refractivity contribution in [1.82, 2.24) is 0 Å². The molecule has 4 rings (SSSR count). The van der Waals surface area contributed by atoms with E-state index in [2.05, 4.69) is 10.1 Å². The number of amides is 1. The number of carbonyl (C=O) groups excluding carboxylic acids is 2. The first kappa shape index (κ1) is 20.4. The van der Waals surface area contributed by atoms with Crippen LogP contribution in [0, 0.1) is 0 Å². The van der Waals surface area contributed by atoms with Crippen molar-refractivity contribution in [1.29, 1.82) is 0 Å². The van der Waals surface area contributed by atoms with Crippen molar-refractivity contribution in [2.24, 2.45) is 5.73 Å². The summed E-state index contributed by atoms with van der Waals surface area (Å²) in [6, 6.07) is 21.8. The van der Waals surface area contributed by atoms with E-state index >= 15 is 0 Å². The summed E-state index contributed by atoms with van der Waals surface area (Å²) in [6.07, 6.45) is 2.26. The lowest BCUT2D eigenvalue weighted by atomic mass is 10.0. The van der Waals surface area contributed by atoms with Gasteiger partial charge in [-0.15, -0.1) is 0 Å². The summed E-state index contributed by atoms with van der Waals surface area (Å²) in [5.41, 5.74) is 9.99. The van der Waals surface area contributed by atoms with Gasteiger partial charge < -0.3 is 20.5 Å². The van der Waals surface area contributed by atoms with Crippen LogP contribution in [0.2, 0.25) is 0 Å². The third-order valence-electron chi connectivity index (χ3n) is 5.02. The number of anilines is 1. The molecule has 3 N–H and O–H groups in total. The number of carbonyl (C=O) groups is 2. The first-order valence-electron chi connectivity index (χ1n) is 9.86. The Hall–Kier alpha value is -3.90. The average molecular weight is 414 g/mol. The van der Waals surface area contributed by atoms with E-state index in [1.165, 1.54) is 7.11 Å². The summed E-state index contributed by atoms with van der Waals surface area (Å²) >= 11 is 0. The lowest BCUT2D eigenvalue weighted by molar-refractivity contribution is -0.142. The molecule has 3 aromatic rings. The molecule has 0 saturated heterocycles. The number of nitrogens with two attached hydrogens (primary N) is 1. The van der Waals surface area contributed by atoms with Gasteiger partial charge in [-0.1, -0.05) is 42.5 Å². The summed E-state index contributed by atoms with van der Waals surface area (Å²) in [5, 5.41) is 2.87. The molecule has 3 aromatic carbocycles. The smallest absolute Gasteiger partial charge is 0.322 e. The van der Waals surface area contributed by atoms with Crippen LogP contribution in [0.15, 0.2) is 72.8 Å². The van der Waals surface area contributed by atoms with Gasteiger partial charge in [0.2, 0.25) is 0 Å². The first-order valence-corrected chi connectivity index (χ1v) is 9.86. The number of benzene rings is 3. The molecule has 1 unspecified atom stereocenters. The van der Waals surface area contributed by atoms with Gasteiger partial charge in [-0.2, -0.15) is 0 Å². The van der Waals surface area contributed by atoms with Crippen molar-refractivity contribution >= 4 is 29.2 Å². The van der Waals surface area contributed by atoms with Crippen molar-refractivity contribution in [3.8, 4) is 11.5 Å². The van der Waals surface area contributed by atoms with Gasteiger partial charge in [-0.25, -0.2) is 0 Å². The number of rotatable bonds is 6. The van der Waals surface area contributed by atoms with Gasteiger partial charge in [0.1, 0.15) is 17.5 Å². The lowest BCUT2D eigenvalue weighted by Crippen LogP contribution is -2.33. The second-order valence-electron chi connectivity index (χ2n) is 7.21. The zero-order valence-corrected chi connectivity index (χ0v) is 17.0. The maximum Gasteiger partial charge on any atom is 0.322 e. The number of fused-ring (bicyclic) bond motifs is 1. The Morgan fingerprint density at radius 2 is 1.65 bits per heavy atom. The Morgan fingerprint density at radius 1 is 1.00 bits per heavy atom. The SMILES string of the molecule is COC(=O)C(N)Cc1ccc(Oc2ccc(C=C3C(=O)Nc4ccccc43)cc2)cc1. The summed E-state index contributed by atoms with van der Waals surface area (Å²) in [7, 11) is 1.32. The molecule has 0 saturated carbocycles. The van der Waals surface area contributed by atoms with Gasteiger partial charge in [0.15, 0.2) is 0 Å². The number of ether oxygens (including phenoxy) is 2. The minimum absolute atomic E-state index is 0.103. The molecule has 1 amide bonds. The van der Waals surface area contributed by atoms with Gasteiger partial charge in [-0.05, 0) is 54.0 Å². The number of para-hydroxylation sites is 1. The second-order valence-corrected chi connectivity index (χ2v) is 7.21. The second kappa shape index (κ2) is 8.85. The third kappa shape index (κ3) is 4.65. The fraction of sp³-hybridized carbons (Fsp3) is 0.120. The van der Waals surface area contributed by atoms with E-state index in [-0.39, 0.29) is 5.91 Å². The fourth-order valence-electron chi connectivity index (χ4n) is 3.40. The zero-order valence-electron chi connectivity index (χ0n) is 17.0. The van der Waals surface area contributed by atoms with Gasteiger partial charge in [-0.3, -0.25) is 9.59 Å². The van der Waals surface area contributed by atoms with Crippen LogP contribution in [0.4, 0.5) is 5.69 Å². The largest absolute Gasteiger partial charge is 0.468 e. The Kier molecular flexibility index (Phi) is 5.82. The highest BCUT2D eigenvalue weighted by Gasteiger charge is 2.23. The molecule has 6 nitrogen and oxygen atoms in total. The molecule has 0 fully saturated rings. The number of hydrogen-bond donors (Lipinski definition) is 2. The van der Waals surface area contributed by atoms with E-state index in [1.54, 1.807) is 0 Å². The highest BCUT2D eigenvalue weighted by Crippen LogP contribution is 2.33. The van der Waals surface area contributed by atoms with Crippen LogP contribution in [0.3, 0.4) is 0 Å². The van der Waals surface area contributed by atoms with Crippen LogP contribution < -0.4 is 15.8 Å². The highest BCUT2D eigenvalue weighted by atomic mass is 16.5. The summed E-state index contributed by atoms with van der Waals surface area (Å²) in [5.74, 6) is 0.811. The van der Waals surface area contributed by atoms with E-state index in [4.69, 9.17) is 10.5 Å². The van der Waals surface area contributed by atoms with E-state index in [0.717, 1.165) is 22.4 Å². The Bertz CT molecular complexity index is 1130. The minimum Gasteiger partial charge on any atom is -0.468 e.